The predicted octanol–water partition coefficient (Wildman–Crippen LogP) is 25.6. The van der Waals surface area contributed by atoms with Crippen LogP contribution >= 0.6 is 15.6 Å². The summed E-state index contributed by atoms with van der Waals surface area (Å²) in [7, 11) is -10.1. The normalized spacial score (nSPS) is 15.0. The van der Waals surface area contributed by atoms with Gasteiger partial charge in [-0.1, -0.05) is 296 Å². The Bertz CT molecular complexity index is 3120. The second kappa shape index (κ2) is 83.8. The van der Waals surface area contributed by atoms with Crippen LogP contribution in [0, 0.1) is 0 Å². The maximum atomic E-state index is 13.1. The Morgan fingerprint density at radius 3 is 0.763 bits per heavy atom. The standard InChI is InChI=1S/C95H146O17P2/c1-5-9-13-17-21-25-29-33-37-41-44-48-51-55-59-63-67-71-75-79-92(97)105-85-90(111-94(99)81-77-73-69-65-61-57-53-47-40-36-32-28-24-20-16-12-8-4)87-109-113(101,102)107-83-89(96)84-108-114(103,104)110-88-91(112-95(100)82-78-74-70-66-62-58-54-50-46-43-39-35-31-27-23-19-15-11-7-3)86-106-93(98)80-76-72-68-64-60-56-52-49-45-42-38-34-30-26-22-18-14-10-6-2/h9-11,13-15,21-28,33-40,44-46,48-50,53,55-60,62,65,69-70,74,89-91,96H,5-8,12,16-20,29-32,41-43,47,51-52,54,61,63-64,66-68,71-73,75-88H2,1-4H3,(H,101,102)(H,103,104)/b13-9-,14-10-,15-11-,25-21-,26-22-,27-23-,28-24-,37-33-,38-34-,39-35-,40-36-,48-44-,49-45-,50-46-,57-53-,59-55-,60-56-,62-58-,69-65-,74-70-/t89-,90+,91+/m0/s1. The van der Waals surface area contributed by atoms with Crippen LogP contribution in [0.4, 0.5) is 0 Å². The van der Waals surface area contributed by atoms with E-state index < -0.39 is 97.5 Å². The molecule has 0 fully saturated rings. The zero-order valence-corrected chi connectivity index (χ0v) is 71.7. The Morgan fingerprint density at radius 2 is 0.482 bits per heavy atom. The summed E-state index contributed by atoms with van der Waals surface area (Å²) in [6.07, 6.45) is 110. The van der Waals surface area contributed by atoms with Crippen molar-refractivity contribution in [3.8, 4) is 0 Å². The van der Waals surface area contributed by atoms with Crippen molar-refractivity contribution in [2.75, 3.05) is 39.6 Å². The van der Waals surface area contributed by atoms with Crippen LogP contribution in [-0.4, -0.2) is 96.7 Å². The number of unbranched alkanes of at least 4 members (excludes halogenated alkanes) is 10. The van der Waals surface area contributed by atoms with Crippen LogP contribution in [0.2, 0.25) is 0 Å². The van der Waals surface area contributed by atoms with Crippen LogP contribution in [-0.2, 0) is 65.4 Å². The summed E-state index contributed by atoms with van der Waals surface area (Å²) in [6, 6.07) is 0. The molecule has 3 N–H and O–H groups in total. The average Bonchev–Trinajstić information content (AvgIpc) is 0.901. The van der Waals surface area contributed by atoms with E-state index in [4.69, 9.17) is 37.0 Å². The van der Waals surface area contributed by atoms with E-state index >= 15 is 0 Å². The van der Waals surface area contributed by atoms with Gasteiger partial charge in [0.2, 0.25) is 0 Å². The van der Waals surface area contributed by atoms with Gasteiger partial charge in [0.05, 0.1) is 26.4 Å². The number of hydrogen-bond acceptors (Lipinski definition) is 15. The molecule has 17 nitrogen and oxygen atoms in total. The molecule has 0 aliphatic heterocycles. The van der Waals surface area contributed by atoms with E-state index in [2.05, 4.69) is 240 Å². The number of phosphoric acid groups is 2. The van der Waals surface area contributed by atoms with E-state index in [1.54, 1.807) is 0 Å². The van der Waals surface area contributed by atoms with Gasteiger partial charge >= 0.3 is 39.5 Å². The van der Waals surface area contributed by atoms with Crippen LogP contribution < -0.4 is 0 Å². The number of rotatable bonds is 76. The van der Waals surface area contributed by atoms with Crippen molar-refractivity contribution in [1.82, 2.24) is 0 Å². The molecule has 0 radical (unpaired) electrons. The zero-order chi connectivity index (χ0) is 83.1. The summed E-state index contributed by atoms with van der Waals surface area (Å²) in [5, 5.41) is 10.7. The molecular weight excluding hydrogens is 1470 g/mol. The lowest BCUT2D eigenvalue weighted by molar-refractivity contribution is -0.161. The van der Waals surface area contributed by atoms with Gasteiger partial charge in [-0.05, 0) is 193 Å². The molecular formula is C95H146O17P2. The van der Waals surface area contributed by atoms with E-state index in [0.29, 0.717) is 38.5 Å². The molecule has 0 saturated heterocycles. The first-order chi connectivity index (χ1) is 55.7. The number of allylic oxidation sites excluding steroid dienone is 40. The molecule has 2 unspecified atom stereocenters. The first-order valence-corrected chi connectivity index (χ1v) is 45.3. The molecule has 0 aliphatic rings. The van der Waals surface area contributed by atoms with E-state index in [0.717, 1.165) is 161 Å². The Kier molecular flexibility index (Phi) is 78.5. The van der Waals surface area contributed by atoms with Gasteiger partial charge in [0.1, 0.15) is 19.3 Å². The van der Waals surface area contributed by atoms with Crippen molar-refractivity contribution in [2.24, 2.45) is 0 Å². The SMILES string of the molecule is CC/C=C\C/C=C\C/C=C\C/C=C\C/C=C\C/C=C\CCC(=O)O[C@H](COC(=O)CCCCC/C=C\C/C=C\C/C=C\C/C=C\C/C=C\CC)COP(=O)(O)OC[C@@H](O)COP(=O)(O)OC[C@@H](COC(=O)CCCCC/C=C\C/C=C\C/C=C\C/C=C\C/C=C\CC)OC(=O)CCC/C=C\C/C=C\C/C=C\C/C=C\CCCCC. The average molecular weight is 1620 g/mol. The van der Waals surface area contributed by atoms with Crippen molar-refractivity contribution in [1.29, 1.82) is 0 Å². The van der Waals surface area contributed by atoms with Gasteiger partial charge in [-0.3, -0.25) is 37.3 Å². The summed E-state index contributed by atoms with van der Waals surface area (Å²) in [5.74, 6) is -2.45. The van der Waals surface area contributed by atoms with Crippen molar-refractivity contribution >= 4 is 39.5 Å². The summed E-state index contributed by atoms with van der Waals surface area (Å²) in [4.78, 5) is 73.2. The molecule has 19 heteroatoms. The Balaban J connectivity index is 5.61. The number of esters is 4. The van der Waals surface area contributed by atoms with Crippen LogP contribution in [0.3, 0.4) is 0 Å². The molecule has 0 heterocycles. The largest absolute Gasteiger partial charge is 0.472 e. The fourth-order valence-corrected chi connectivity index (χ4v) is 11.6. The molecule has 0 aromatic rings. The number of carbonyl (C=O) groups is 4. The van der Waals surface area contributed by atoms with Gasteiger partial charge in [0, 0.05) is 25.7 Å². The van der Waals surface area contributed by atoms with Crippen LogP contribution in [0.5, 0.6) is 0 Å². The van der Waals surface area contributed by atoms with Gasteiger partial charge in [-0.2, -0.15) is 0 Å². The van der Waals surface area contributed by atoms with Gasteiger partial charge in [0.25, 0.3) is 0 Å². The van der Waals surface area contributed by atoms with Gasteiger partial charge in [-0.25, -0.2) is 9.13 Å². The highest BCUT2D eigenvalue weighted by Gasteiger charge is 2.30. The second-order valence-electron chi connectivity index (χ2n) is 26.9. The maximum absolute atomic E-state index is 13.1. The number of phosphoric ester groups is 2. The molecule has 0 amide bonds. The zero-order valence-electron chi connectivity index (χ0n) is 69.9. The molecule has 0 bridgehead atoms. The summed E-state index contributed by atoms with van der Waals surface area (Å²) in [6.45, 7) is 4.24. The third kappa shape index (κ3) is 82.8. The molecule has 638 valence electrons. The quantitative estimate of drug-likeness (QED) is 0.0169. The lowest BCUT2D eigenvalue weighted by Crippen LogP contribution is -2.30. The van der Waals surface area contributed by atoms with Crippen LogP contribution in [0.1, 0.15) is 272 Å². The third-order valence-corrected chi connectivity index (χ3v) is 18.2. The minimum Gasteiger partial charge on any atom is -0.462 e. The Hall–Kier alpha value is -7.14. The summed E-state index contributed by atoms with van der Waals surface area (Å²) < 4.78 is 68.6. The van der Waals surface area contributed by atoms with E-state index in [1.165, 1.54) is 19.3 Å². The number of carbonyl (C=O) groups excluding carboxylic acids is 4. The molecule has 0 aromatic heterocycles. The second-order valence-corrected chi connectivity index (χ2v) is 29.8. The molecule has 0 aliphatic carbocycles. The third-order valence-electron chi connectivity index (χ3n) is 16.3. The Morgan fingerprint density at radius 1 is 0.254 bits per heavy atom. The lowest BCUT2D eigenvalue weighted by Gasteiger charge is -2.21. The van der Waals surface area contributed by atoms with Crippen LogP contribution in [0.25, 0.3) is 0 Å². The van der Waals surface area contributed by atoms with Crippen LogP contribution in [0.15, 0.2) is 243 Å². The molecule has 0 rings (SSSR count). The highest BCUT2D eigenvalue weighted by Crippen LogP contribution is 2.45. The molecule has 0 spiro atoms. The fourth-order valence-electron chi connectivity index (χ4n) is 10.00. The number of aliphatic hydroxyl groups is 1. The fraction of sp³-hybridized carbons (Fsp3) is 0.537. The molecule has 0 aromatic carbocycles. The monoisotopic (exact) mass is 1620 g/mol. The van der Waals surface area contributed by atoms with Crippen molar-refractivity contribution in [2.45, 2.75) is 290 Å². The summed E-state index contributed by atoms with van der Waals surface area (Å²) in [5.41, 5.74) is 0. The highest BCUT2D eigenvalue weighted by atomic mass is 31.2. The number of hydrogen-bond donors (Lipinski definition) is 3. The van der Waals surface area contributed by atoms with Gasteiger partial charge < -0.3 is 33.8 Å². The van der Waals surface area contributed by atoms with Gasteiger partial charge in [0.15, 0.2) is 12.2 Å². The number of aliphatic hydroxyl groups excluding tert-OH is 1. The van der Waals surface area contributed by atoms with E-state index in [1.807, 2.05) is 30.4 Å². The minimum absolute atomic E-state index is 0.00242. The topological polar surface area (TPSA) is 237 Å². The molecule has 5 atom stereocenters. The first-order valence-electron chi connectivity index (χ1n) is 42.3. The predicted molar refractivity (Wildman–Crippen MR) is 472 cm³/mol. The molecule has 114 heavy (non-hydrogen) atoms. The maximum Gasteiger partial charge on any atom is 0.472 e. The smallest absolute Gasteiger partial charge is 0.462 e. The lowest BCUT2D eigenvalue weighted by atomic mass is 10.1. The molecule has 0 saturated carbocycles. The van der Waals surface area contributed by atoms with Crippen molar-refractivity contribution in [3.05, 3.63) is 243 Å². The van der Waals surface area contributed by atoms with Crippen molar-refractivity contribution in [3.63, 3.8) is 0 Å². The minimum atomic E-state index is -5.03. The first kappa shape index (κ1) is 107. The summed E-state index contributed by atoms with van der Waals surface area (Å²) >= 11 is 0. The number of ether oxygens (including phenoxy) is 4. The Labute approximate surface area is 688 Å². The van der Waals surface area contributed by atoms with Crippen molar-refractivity contribution < 1.29 is 80.2 Å². The van der Waals surface area contributed by atoms with Gasteiger partial charge in [-0.15, -0.1) is 0 Å². The van der Waals surface area contributed by atoms with E-state index in [9.17, 15) is 43.2 Å². The highest BCUT2D eigenvalue weighted by molar-refractivity contribution is 7.47. The van der Waals surface area contributed by atoms with E-state index in [-0.39, 0.29) is 25.7 Å².